The number of carbonyl (C=O) groups is 3. The first-order valence-corrected chi connectivity index (χ1v) is 15.5. The van der Waals surface area contributed by atoms with Crippen molar-refractivity contribution >= 4 is 23.6 Å². The lowest BCUT2D eigenvalue weighted by Crippen LogP contribution is -2.54. The van der Waals surface area contributed by atoms with Gasteiger partial charge in [0.2, 0.25) is 11.8 Å². The minimum absolute atomic E-state index is 0.0737. The van der Waals surface area contributed by atoms with Crippen LogP contribution in [0.25, 0.3) is 0 Å². The molecular formula is C32H50FN3O7. The molecule has 242 valence electrons. The lowest BCUT2D eigenvalue weighted by molar-refractivity contribution is -0.131. The molecule has 0 bridgehead atoms. The Bertz CT molecular complexity index is 1110. The maximum Gasteiger partial charge on any atom is 0.410 e. The zero-order chi connectivity index (χ0) is 31.7. The van der Waals surface area contributed by atoms with Gasteiger partial charge in [0.25, 0.3) is 0 Å². The fourth-order valence-electron chi connectivity index (χ4n) is 5.23. The van der Waals surface area contributed by atoms with E-state index in [1.54, 1.807) is 33.9 Å². The zero-order valence-corrected chi connectivity index (χ0v) is 26.9. The number of methoxy groups -OCH3 is 1. The van der Waals surface area contributed by atoms with Gasteiger partial charge in [-0.15, -0.1) is 0 Å². The Morgan fingerprint density at radius 2 is 1.81 bits per heavy atom. The number of nitrogens with zero attached hydrogens (tertiary/aromatic N) is 2. The van der Waals surface area contributed by atoms with Gasteiger partial charge in [-0.25, -0.2) is 9.18 Å². The predicted molar refractivity (Wildman–Crippen MR) is 162 cm³/mol. The van der Waals surface area contributed by atoms with Gasteiger partial charge in [0.15, 0.2) is 0 Å². The van der Waals surface area contributed by atoms with Crippen molar-refractivity contribution in [1.82, 2.24) is 10.2 Å². The molecule has 1 aromatic carbocycles. The summed E-state index contributed by atoms with van der Waals surface area (Å²) in [6, 6.07) is 2.65. The molecule has 1 aliphatic carbocycles. The summed E-state index contributed by atoms with van der Waals surface area (Å²) in [6.45, 7) is 13.0. The minimum atomic E-state index is -0.748. The van der Waals surface area contributed by atoms with E-state index in [4.69, 9.17) is 18.9 Å². The van der Waals surface area contributed by atoms with Gasteiger partial charge < -0.3 is 34.1 Å². The molecule has 1 heterocycles. The van der Waals surface area contributed by atoms with E-state index >= 15 is 4.39 Å². The molecule has 10 nitrogen and oxygen atoms in total. The van der Waals surface area contributed by atoms with Crippen molar-refractivity contribution in [2.24, 2.45) is 11.8 Å². The number of benzene rings is 1. The first kappa shape index (κ1) is 34.6. The van der Waals surface area contributed by atoms with Gasteiger partial charge in [-0.3, -0.25) is 9.59 Å². The number of carbonyl (C=O) groups excluding carboxylic acids is 3. The van der Waals surface area contributed by atoms with Crippen LogP contribution in [-0.2, 0) is 30.2 Å². The molecular weight excluding hydrogens is 557 g/mol. The van der Waals surface area contributed by atoms with Crippen LogP contribution in [0.5, 0.6) is 5.75 Å². The number of nitrogens with one attached hydrogen (secondary N) is 1. The summed E-state index contributed by atoms with van der Waals surface area (Å²) in [5.74, 6) is -1.91. The minimum Gasteiger partial charge on any atom is -0.493 e. The van der Waals surface area contributed by atoms with E-state index in [0.29, 0.717) is 50.6 Å². The van der Waals surface area contributed by atoms with Crippen LogP contribution in [0.15, 0.2) is 12.1 Å². The number of aryl methyl sites for hydroxylation is 1. The predicted octanol–water partition coefficient (Wildman–Crippen LogP) is 4.71. The second-order valence-electron chi connectivity index (χ2n) is 12.5. The zero-order valence-electron chi connectivity index (χ0n) is 26.9. The standard InChI is InChI=1S/C32H50FN3O7/c1-8-22-16-26(33)27(17-28(22)42-14-10-13-40-7)36(25-11-12-25)30(38)24-15-23(29(37)34-21(3)20-41-9-2)18-35(19-24)31(39)43-32(4,5)6/h16-17,21,23-25H,8-15,18-20H2,1-7H3,(H,34,37)/t21-,23+,24-/m1/s1. The number of amides is 3. The lowest BCUT2D eigenvalue weighted by atomic mass is 9.87. The second kappa shape index (κ2) is 15.7. The van der Waals surface area contributed by atoms with Crippen LogP contribution in [-0.4, -0.2) is 87.1 Å². The Morgan fingerprint density at radius 3 is 2.42 bits per heavy atom. The molecule has 1 aromatic rings. The topological polar surface area (TPSA) is 107 Å². The lowest BCUT2D eigenvalue weighted by Gasteiger charge is -2.39. The molecule has 11 heteroatoms. The monoisotopic (exact) mass is 607 g/mol. The molecule has 1 aliphatic heterocycles. The summed E-state index contributed by atoms with van der Waals surface area (Å²) in [6.07, 6.45) is 2.36. The van der Waals surface area contributed by atoms with Gasteiger partial charge in [-0.05, 0) is 71.9 Å². The first-order chi connectivity index (χ1) is 20.4. The molecule has 1 N–H and O–H groups in total. The number of anilines is 1. The van der Waals surface area contributed by atoms with Crippen LogP contribution in [0.3, 0.4) is 0 Å². The third kappa shape index (κ3) is 10.1. The van der Waals surface area contributed by atoms with Crippen molar-refractivity contribution in [2.75, 3.05) is 51.5 Å². The summed E-state index contributed by atoms with van der Waals surface area (Å²) in [7, 11) is 1.62. The summed E-state index contributed by atoms with van der Waals surface area (Å²) < 4.78 is 37.8. The number of halogens is 1. The molecule has 3 rings (SSSR count). The summed E-state index contributed by atoms with van der Waals surface area (Å²) in [5.41, 5.74) is 0.127. The molecule has 0 spiro atoms. The smallest absolute Gasteiger partial charge is 0.410 e. The quantitative estimate of drug-likeness (QED) is 0.305. The Morgan fingerprint density at radius 1 is 1.12 bits per heavy atom. The number of hydrogen-bond donors (Lipinski definition) is 1. The summed E-state index contributed by atoms with van der Waals surface area (Å²) in [4.78, 5) is 43.7. The molecule has 43 heavy (non-hydrogen) atoms. The van der Waals surface area contributed by atoms with Crippen LogP contribution in [0.4, 0.5) is 14.9 Å². The molecule has 0 radical (unpaired) electrons. The third-order valence-electron chi connectivity index (χ3n) is 7.45. The van der Waals surface area contributed by atoms with E-state index in [1.165, 1.54) is 15.9 Å². The van der Waals surface area contributed by atoms with E-state index < -0.39 is 29.3 Å². The number of piperidine rings is 1. The molecule has 3 amide bonds. The second-order valence-corrected chi connectivity index (χ2v) is 12.5. The molecule has 1 saturated carbocycles. The van der Waals surface area contributed by atoms with Gasteiger partial charge in [0.1, 0.15) is 17.2 Å². The molecule has 0 aromatic heterocycles. The van der Waals surface area contributed by atoms with E-state index in [2.05, 4.69) is 5.32 Å². The molecule has 2 aliphatic rings. The number of rotatable bonds is 14. The van der Waals surface area contributed by atoms with E-state index in [0.717, 1.165) is 12.8 Å². The van der Waals surface area contributed by atoms with Crippen LogP contribution >= 0.6 is 0 Å². The largest absolute Gasteiger partial charge is 0.493 e. The number of likely N-dealkylation sites (tertiary alicyclic amines) is 1. The molecule has 1 saturated heterocycles. The number of ether oxygens (including phenoxy) is 4. The fraction of sp³-hybridized carbons (Fsp3) is 0.719. The van der Waals surface area contributed by atoms with Crippen molar-refractivity contribution in [3.8, 4) is 5.75 Å². The number of hydrogen-bond acceptors (Lipinski definition) is 7. The Kier molecular flexibility index (Phi) is 12.6. The summed E-state index contributed by atoms with van der Waals surface area (Å²) >= 11 is 0. The van der Waals surface area contributed by atoms with Gasteiger partial charge in [-0.1, -0.05) is 6.92 Å². The first-order valence-electron chi connectivity index (χ1n) is 15.5. The van der Waals surface area contributed by atoms with Crippen molar-refractivity contribution in [1.29, 1.82) is 0 Å². The third-order valence-corrected chi connectivity index (χ3v) is 7.45. The average molecular weight is 608 g/mol. The van der Waals surface area contributed by atoms with Crippen molar-refractivity contribution in [2.45, 2.75) is 91.3 Å². The maximum absolute atomic E-state index is 15.6. The van der Waals surface area contributed by atoms with Gasteiger partial charge in [-0.2, -0.15) is 0 Å². The van der Waals surface area contributed by atoms with E-state index in [1.807, 2.05) is 20.8 Å². The van der Waals surface area contributed by atoms with Crippen LogP contribution in [0.2, 0.25) is 0 Å². The fourth-order valence-corrected chi connectivity index (χ4v) is 5.23. The average Bonchev–Trinajstić information content (AvgIpc) is 3.79. The van der Waals surface area contributed by atoms with E-state index in [9.17, 15) is 14.4 Å². The highest BCUT2D eigenvalue weighted by molar-refractivity contribution is 5.97. The molecule has 2 fully saturated rings. The van der Waals surface area contributed by atoms with Gasteiger partial charge >= 0.3 is 6.09 Å². The van der Waals surface area contributed by atoms with Gasteiger partial charge in [0, 0.05) is 58.0 Å². The highest BCUT2D eigenvalue weighted by Gasteiger charge is 2.44. The van der Waals surface area contributed by atoms with Crippen molar-refractivity contribution in [3.05, 3.63) is 23.5 Å². The summed E-state index contributed by atoms with van der Waals surface area (Å²) in [5, 5.41) is 2.95. The Labute approximate surface area is 255 Å². The Balaban J connectivity index is 1.90. The highest BCUT2D eigenvalue weighted by Crippen LogP contribution is 2.39. The van der Waals surface area contributed by atoms with E-state index in [-0.39, 0.29) is 49.1 Å². The molecule has 0 unspecified atom stereocenters. The Hall–Kier alpha value is -2.92. The van der Waals surface area contributed by atoms with Crippen LogP contribution < -0.4 is 15.0 Å². The van der Waals surface area contributed by atoms with Crippen LogP contribution in [0, 0.1) is 17.7 Å². The highest BCUT2D eigenvalue weighted by atomic mass is 19.1. The van der Waals surface area contributed by atoms with Crippen LogP contribution in [0.1, 0.15) is 72.8 Å². The molecule has 3 atom stereocenters. The van der Waals surface area contributed by atoms with Crippen molar-refractivity contribution in [3.63, 3.8) is 0 Å². The maximum atomic E-state index is 15.6. The van der Waals surface area contributed by atoms with Crippen molar-refractivity contribution < 1.29 is 37.7 Å². The normalized spacial score (nSPS) is 19.5. The SMILES string of the molecule is CCOC[C@@H](C)NC(=O)[C@H]1C[C@@H](C(=O)N(c2cc(OCCCOC)c(CC)cc2F)C2CC2)CN(C(=O)OC(C)(C)C)C1. The van der Waals surface area contributed by atoms with Gasteiger partial charge in [0.05, 0.1) is 30.7 Å².